The highest BCUT2D eigenvalue weighted by molar-refractivity contribution is 5.85. The molecule has 0 saturated heterocycles. The molecule has 0 aliphatic heterocycles. The molecule has 0 radical (unpaired) electrons. The summed E-state index contributed by atoms with van der Waals surface area (Å²) in [5, 5.41) is 12.0. The van der Waals surface area contributed by atoms with E-state index in [1.54, 1.807) is 24.3 Å². The number of carbonyl (C=O) groups excluding carboxylic acids is 1. The van der Waals surface area contributed by atoms with E-state index in [0.717, 1.165) is 36.1 Å². The number of nitrogens with two attached hydrogens (primary N) is 1. The number of carboxylic acids is 1. The molecule has 150 valence electrons. The molecule has 0 heterocycles. The Balaban J connectivity index is 1.89. The molecule has 0 bridgehead atoms. The Morgan fingerprint density at radius 2 is 1.86 bits per heavy atom. The van der Waals surface area contributed by atoms with Crippen LogP contribution in [-0.2, 0) is 22.4 Å². The number of nitrogen functional groups attached to an aromatic ring is 1. The van der Waals surface area contributed by atoms with Gasteiger partial charge in [0.15, 0.2) is 0 Å². The molecular formula is C22H28N2O4. The highest BCUT2D eigenvalue weighted by Crippen LogP contribution is 2.15. The van der Waals surface area contributed by atoms with Crippen molar-refractivity contribution in [3.8, 4) is 5.75 Å². The maximum absolute atomic E-state index is 12.2. The van der Waals surface area contributed by atoms with Crippen molar-refractivity contribution in [3.63, 3.8) is 0 Å². The van der Waals surface area contributed by atoms with Crippen LogP contribution in [0.1, 0.15) is 37.3 Å². The molecule has 4 N–H and O–H groups in total. The average Bonchev–Trinajstić information content (AvgIpc) is 2.66. The lowest BCUT2D eigenvalue weighted by Gasteiger charge is -2.15. The number of carbonyl (C=O) groups is 2. The number of hydrogen-bond donors (Lipinski definition) is 3. The zero-order chi connectivity index (χ0) is 20.4. The summed E-state index contributed by atoms with van der Waals surface area (Å²) in [7, 11) is 0. The summed E-state index contributed by atoms with van der Waals surface area (Å²) in [6, 6.07) is 13.3. The Hall–Kier alpha value is -3.02. The maximum Gasteiger partial charge on any atom is 0.326 e. The minimum absolute atomic E-state index is 0.0827. The lowest BCUT2D eigenvalue weighted by molar-refractivity contribution is -0.141. The summed E-state index contributed by atoms with van der Waals surface area (Å²) >= 11 is 0. The molecule has 0 aromatic heterocycles. The van der Waals surface area contributed by atoms with Gasteiger partial charge in [0.25, 0.3) is 0 Å². The second kappa shape index (κ2) is 11.0. The predicted molar refractivity (Wildman–Crippen MR) is 109 cm³/mol. The molecule has 1 atom stereocenters. The number of ether oxygens (including phenoxy) is 1. The zero-order valence-corrected chi connectivity index (χ0v) is 16.2. The third kappa shape index (κ3) is 7.31. The monoisotopic (exact) mass is 384 g/mol. The van der Waals surface area contributed by atoms with E-state index in [1.807, 2.05) is 24.3 Å². The number of anilines is 1. The van der Waals surface area contributed by atoms with Crippen LogP contribution in [0.15, 0.2) is 48.5 Å². The molecule has 2 aromatic carbocycles. The molecule has 0 unspecified atom stereocenters. The SMILES string of the molecule is CCCCCOc1ccc(C[C@H](NC(=O)Cc2cccc(N)c2)C(=O)O)cc1. The summed E-state index contributed by atoms with van der Waals surface area (Å²) < 4.78 is 5.66. The number of hydrogen-bond acceptors (Lipinski definition) is 4. The number of rotatable bonds is 11. The Kier molecular flexibility index (Phi) is 8.34. The van der Waals surface area contributed by atoms with Gasteiger partial charge in [0.2, 0.25) is 5.91 Å². The minimum Gasteiger partial charge on any atom is -0.494 e. The highest BCUT2D eigenvalue weighted by atomic mass is 16.5. The van der Waals surface area contributed by atoms with E-state index in [2.05, 4.69) is 12.2 Å². The van der Waals surface area contributed by atoms with Gasteiger partial charge in [-0.25, -0.2) is 4.79 Å². The third-order valence-electron chi connectivity index (χ3n) is 4.33. The number of nitrogens with one attached hydrogen (secondary N) is 1. The van der Waals surface area contributed by atoms with E-state index >= 15 is 0 Å². The number of amides is 1. The topological polar surface area (TPSA) is 102 Å². The van der Waals surface area contributed by atoms with Gasteiger partial charge < -0.3 is 20.9 Å². The Labute approximate surface area is 165 Å². The molecule has 0 fully saturated rings. The third-order valence-corrected chi connectivity index (χ3v) is 4.33. The predicted octanol–water partition coefficient (Wildman–Crippen LogP) is 3.19. The summed E-state index contributed by atoms with van der Waals surface area (Å²) in [6.45, 7) is 2.81. The van der Waals surface area contributed by atoms with Gasteiger partial charge in [-0.3, -0.25) is 4.79 Å². The quantitative estimate of drug-likeness (QED) is 0.408. The van der Waals surface area contributed by atoms with E-state index < -0.39 is 12.0 Å². The van der Waals surface area contributed by atoms with Crippen LogP contribution in [0.2, 0.25) is 0 Å². The Morgan fingerprint density at radius 3 is 2.50 bits per heavy atom. The second-order valence-corrected chi connectivity index (χ2v) is 6.78. The summed E-state index contributed by atoms with van der Waals surface area (Å²) in [5.41, 5.74) is 7.83. The molecule has 28 heavy (non-hydrogen) atoms. The van der Waals surface area contributed by atoms with Gasteiger partial charge in [-0.1, -0.05) is 44.0 Å². The summed E-state index contributed by atoms with van der Waals surface area (Å²) in [4.78, 5) is 23.8. The summed E-state index contributed by atoms with van der Waals surface area (Å²) in [5.74, 6) is -0.660. The van der Waals surface area contributed by atoms with Gasteiger partial charge in [0, 0.05) is 12.1 Å². The summed E-state index contributed by atoms with van der Waals surface area (Å²) in [6.07, 6.45) is 3.57. The molecular weight excluding hydrogens is 356 g/mol. The maximum atomic E-state index is 12.2. The number of unbranched alkanes of at least 4 members (excludes halogenated alkanes) is 2. The van der Waals surface area contributed by atoms with Gasteiger partial charge >= 0.3 is 5.97 Å². The molecule has 6 nitrogen and oxygen atoms in total. The highest BCUT2D eigenvalue weighted by Gasteiger charge is 2.20. The zero-order valence-electron chi connectivity index (χ0n) is 16.2. The van der Waals surface area contributed by atoms with Gasteiger partial charge in [-0.05, 0) is 41.8 Å². The smallest absolute Gasteiger partial charge is 0.326 e. The van der Waals surface area contributed by atoms with Crippen LogP contribution < -0.4 is 15.8 Å². The fourth-order valence-corrected chi connectivity index (χ4v) is 2.83. The molecule has 0 aliphatic rings. The molecule has 2 aromatic rings. The van der Waals surface area contributed by atoms with Gasteiger partial charge in [-0.2, -0.15) is 0 Å². The average molecular weight is 384 g/mol. The van der Waals surface area contributed by atoms with E-state index in [4.69, 9.17) is 10.5 Å². The fraction of sp³-hybridized carbons (Fsp3) is 0.364. The van der Waals surface area contributed by atoms with Crippen LogP contribution in [0, 0.1) is 0 Å². The number of benzene rings is 2. The van der Waals surface area contributed by atoms with Crippen molar-refractivity contribution in [1.82, 2.24) is 5.32 Å². The van der Waals surface area contributed by atoms with Gasteiger partial charge in [-0.15, -0.1) is 0 Å². The molecule has 2 rings (SSSR count). The van der Waals surface area contributed by atoms with Gasteiger partial charge in [0.05, 0.1) is 13.0 Å². The number of carboxylic acid groups (broad SMARTS) is 1. The van der Waals surface area contributed by atoms with Crippen LogP contribution in [0.3, 0.4) is 0 Å². The van der Waals surface area contributed by atoms with E-state index in [-0.39, 0.29) is 18.7 Å². The van der Waals surface area contributed by atoms with E-state index in [1.165, 1.54) is 0 Å². The molecule has 6 heteroatoms. The Morgan fingerprint density at radius 1 is 1.11 bits per heavy atom. The normalized spacial score (nSPS) is 11.6. The number of aliphatic carboxylic acids is 1. The standard InChI is InChI=1S/C22H28N2O4/c1-2-3-4-12-28-19-10-8-16(9-11-19)14-20(22(26)27)24-21(25)15-17-6-5-7-18(23)13-17/h5-11,13,20H,2-4,12,14-15,23H2,1H3,(H,24,25)(H,26,27)/t20-/m0/s1. The van der Waals surface area contributed by atoms with Crippen molar-refractivity contribution < 1.29 is 19.4 Å². The lowest BCUT2D eigenvalue weighted by Crippen LogP contribution is -2.43. The van der Waals surface area contributed by atoms with Gasteiger partial charge in [0.1, 0.15) is 11.8 Å². The van der Waals surface area contributed by atoms with Crippen LogP contribution in [0.5, 0.6) is 5.75 Å². The van der Waals surface area contributed by atoms with Crippen molar-refractivity contribution >= 4 is 17.6 Å². The Bertz CT molecular complexity index is 774. The minimum atomic E-state index is -1.07. The van der Waals surface area contributed by atoms with Crippen molar-refractivity contribution in [2.75, 3.05) is 12.3 Å². The van der Waals surface area contributed by atoms with Crippen LogP contribution in [-0.4, -0.2) is 29.6 Å². The second-order valence-electron chi connectivity index (χ2n) is 6.78. The first-order chi connectivity index (χ1) is 13.5. The lowest BCUT2D eigenvalue weighted by atomic mass is 10.0. The van der Waals surface area contributed by atoms with Crippen LogP contribution in [0.25, 0.3) is 0 Å². The molecule has 0 saturated carbocycles. The largest absolute Gasteiger partial charge is 0.494 e. The van der Waals surface area contributed by atoms with Crippen molar-refractivity contribution in [2.45, 2.75) is 45.1 Å². The van der Waals surface area contributed by atoms with E-state index in [9.17, 15) is 14.7 Å². The fourth-order valence-electron chi connectivity index (χ4n) is 2.83. The van der Waals surface area contributed by atoms with Crippen molar-refractivity contribution in [3.05, 3.63) is 59.7 Å². The van der Waals surface area contributed by atoms with Crippen molar-refractivity contribution in [2.24, 2.45) is 0 Å². The first-order valence-electron chi connectivity index (χ1n) is 9.56. The molecule has 1 amide bonds. The molecule has 0 aliphatic carbocycles. The first-order valence-corrected chi connectivity index (χ1v) is 9.56. The van der Waals surface area contributed by atoms with E-state index in [0.29, 0.717) is 12.3 Å². The molecule has 0 spiro atoms. The van der Waals surface area contributed by atoms with Crippen LogP contribution >= 0.6 is 0 Å². The van der Waals surface area contributed by atoms with Crippen LogP contribution in [0.4, 0.5) is 5.69 Å². The first kappa shape index (κ1) is 21.3. The van der Waals surface area contributed by atoms with Crippen molar-refractivity contribution in [1.29, 1.82) is 0 Å².